The van der Waals surface area contributed by atoms with Crippen molar-refractivity contribution in [3.05, 3.63) is 29.8 Å². The molecule has 0 aliphatic heterocycles. The molecule has 21 heavy (non-hydrogen) atoms. The molecule has 0 N–H and O–H groups in total. The van der Waals surface area contributed by atoms with Crippen LogP contribution in [0.5, 0.6) is 0 Å². The van der Waals surface area contributed by atoms with Crippen molar-refractivity contribution in [1.29, 1.82) is 0 Å². The number of rotatable bonds is 7. The van der Waals surface area contributed by atoms with Crippen LogP contribution in [0.4, 0.5) is 4.39 Å². The molecule has 0 aliphatic carbocycles. The van der Waals surface area contributed by atoms with Gasteiger partial charge in [-0.1, -0.05) is 13.0 Å². The van der Waals surface area contributed by atoms with E-state index in [1.807, 2.05) is 6.07 Å². The Hall–Kier alpha value is -1.13. The first-order valence-electron chi connectivity index (χ1n) is 7.48. The molecule has 0 fully saturated rings. The van der Waals surface area contributed by atoms with Crippen molar-refractivity contribution in [3.63, 3.8) is 0 Å². The van der Waals surface area contributed by atoms with E-state index >= 15 is 0 Å². The van der Waals surface area contributed by atoms with Crippen molar-refractivity contribution in [2.24, 2.45) is 0 Å². The highest BCUT2D eigenvalue weighted by Crippen LogP contribution is 2.20. The van der Waals surface area contributed by atoms with E-state index in [1.165, 1.54) is 6.07 Å². The van der Waals surface area contributed by atoms with Crippen molar-refractivity contribution >= 4 is 22.6 Å². The quantitative estimate of drug-likeness (QED) is 0.727. The normalized spacial score (nSPS) is 13.2. The van der Waals surface area contributed by atoms with E-state index in [-0.39, 0.29) is 5.82 Å². The molecule has 2 rings (SSSR count). The van der Waals surface area contributed by atoms with Gasteiger partial charge in [-0.05, 0) is 32.5 Å². The van der Waals surface area contributed by atoms with Crippen LogP contribution in [-0.4, -0.2) is 40.0 Å². The maximum Gasteiger partial charge on any atom is 0.151 e. The Bertz CT molecular complexity index is 596. The molecule has 1 aromatic carbocycles. The van der Waals surface area contributed by atoms with Crippen LogP contribution in [0.2, 0.25) is 0 Å². The van der Waals surface area contributed by atoms with Crippen molar-refractivity contribution < 1.29 is 4.39 Å². The maximum atomic E-state index is 13.9. The highest BCUT2D eigenvalue weighted by Gasteiger charge is 2.14. The summed E-state index contributed by atoms with van der Waals surface area (Å²) in [5.41, 5.74) is 1.30. The molecule has 1 aromatic heterocycles. The first-order chi connectivity index (χ1) is 10.1. The summed E-state index contributed by atoms with van der Waals surface area (Å²) in [6, 6.07) is 5.65. The minimum absolute atomic E-state index is 0.266. The van der Waals surface area contributed by atoms with Gasteiger partial charge in [-0.3, -0.25) is 0 Å². The van der Waals surface area contributed by atoms with Crippen LogP contribution in [0.3, 0.4) is 0 Å². The average molecular weight is 312 g/mol. The van der Waals surface area contributed by atoms with E-state index in [9.17, 15) is 4.39 Å². The van der Waals surface area contributed by atoms with Crippen molar-refractivity contribution in [1.82, 2.24) is 14.5 Å². The van der Waals surface area contributed by atoms with E-state index < -0.39 is 0 Å². The van der Waals surface area contributed by atoms with Crippen LogP contribution in [0.1, 0.15) is 26.1 Å². The predicted octanol–water partition coefficient (Wildman–Crippen LogP) is 3.69. The molecule has 0 spiro atoms. The molecular formula is C16H23ClFN3. The molecule has 2 aromatic rings. The van der Waals surface area contributed by atoms with Gasteiger partial charge in [0, 0.05) is 31.4 Å². The Morgan fingerprint density at radius 3 is 2.86 bits per heavy atom. The SMILES string of the molecule is CCC(C)N(C)CCn1c(CCCl)nc2c(F)cccc21. The van der Waals surface area contributed by atoms with E-state index in [0.29, 0.717) is 23.9 Å². The number of benzene rings is 1. The molecule has 116 valence electrons. The summed E-state index contributed by atoms with van der Waals surface area (Å²) in [5.74, 6) is 1.09. The zero-order valence-electron chi connectivity index (χ0n) is 12.9. The number of aryl methyl sites for hydroxylation is 1. The predicted molar refractivity (Wildman–Crippen MR) is 86.5 cm³/mol. The minimum Gasteiger partial charge on any atom is -0.327 e. The zero-order chi connectivity index (χ0) is 15.4. The van der Waals surface area contributed by atoms with Gasteiger partial charge < -0.3 is 9.47 Å². The monoisotopic (exact) mass is 311 g/mol. The van der Waals surface area contributed by atoms with Gasteiger partial charge in [-0.15, -0.1) is 11.6 Å². The second-order valence-corrected chi connectivity index (χ2v) is 5.84. The number of fused-ring (bicyclic) bond motifs is 1. The maximum absolute atomic E-state index is 13.9. The highest BCUT2D eigenvalue weighted by molar-refractivity contribution is 6.17. The standard InChI is InChI=1S/C16H23ClFN3/c1-4-12(2)20(3)10-11-21-14-7-5-6-13(18)16(14)19-15(21)8-9-17/h5-7,12H,4,8-11H2,1-3H3. The fraction of sp³-hybridized carbons (Fsp3) is 0.562. The number of alkyl halides is 1. The minimum atomic E-state index is -0.266. The smallest absolute Gasteiger partial charge is 0.151 e. The largest absolute Gasteiger partial charge is 0.327 e. The highest BCUT2D eigenvalue weighted by atomic mass is 35.5. The zero-order valence-corrected chi connectivity index (χ0v) is 13.7. The fourth-order valence-corrected chi connectivity index (χ4v) is 2.64. The van der Waals surface area contributed by atoms with Crippen LogP contribution in [0, 0.1) is 5.82 Å². The van der Waals surface area contributed by atoms with Crippen molar-refractivity contribution in [2.75, 3.05) is 19.5 Å². The van der Waals surface area contributed by atoms with E-state index in [4.69, 9.17) is 11.6 Å². The molecule has 0 radical (unpaired) electrons. The summed E-state index contributed by atoms with van der Waals surface area (Å²) in [7, 11) is 2.12. The lowest BCUT2D eigenvalue weighted by Crippen LogP contribution is -2.31. The molecule has 3 nitrogen and oxygen atoms in total. The van der Waals surface area contributed by atoms with Gasteiger partial charge in [-0.2, -0.15) is 0 Å². The number of likely N-dealkylation sites (N-methyl/N-ethyl adjacent to an activating group) is 1. The number of hydrogen-bond acceptors (Lipinski definition) is 2. The Labute approximate surface area is 130 Å². The number of nitrogens with zero attached hydrogens (tertiary/aromatic N) is 3. The summed E-state index contributed by atoms with van der Waals surface area (Å²) in [4.78, 5) is 6.74. The van der Waals surface area contributed by atoms with Crippen molar-refractivity contribution in [3.8, 4) is 0 Å². The average Bonchev–Trinajstić information content (AvgIpc) is 2.83. The van der Waals surface area contributed by atoms with Gasteiger partial charge in [0.15, 0.2) is 5.82 Å². The topological polar surface area (TPSA) is 21.1 Å². The van der Waals surface area contributed by atoms with E-state index in [2.05, 4.69) is 35.3 Å². The lowest BCUT2D eigenvalue weighted by Gasteiger charge is -2.24. The summed E-state index contributed by atoms with van der Waals surface area (Å²) in [5, 5.41) is 0. The second-order valence-electron chi connectivity index (χ2n) is 5.46. The number of para-hydroxylation sites is 1. The molecule has 0 saturated carbocycles. The third-order valence-corrected chi connectivity index (χ3v) is 4.34. The van der Waals surface area contributed by atoms with E-state index in [1.54, 1.807) is 6.07 Å². The Balaban J connectivity index is 2.28. The summed E-state index contributed by atoms with van der Waals surface area (Å²) >= 11 is 5.85. The second kappa shape index (κ2) is 7.23. The van der Waals surface area contributed by atoms with Crippen molar-refractivity contribution in [2.45, 2.75) is 39.3 Å². The molecule has 5 heteroatoms. The van der Waals surface area contributed by atoms with E-state index in [0.717, 1.165) is 30.9 Å². The molecule has 0 aliphatic rings. The number of halogens is 2. The summed E-state index contributed by atoms with van der Waals surface area (Å²) < 4.78 is 16.0. The molecule has 0 amide bonds. The molecule has 1 heterocycles. The van der Waals surface area contributed by atoms with Gasteiger partial charge in [0.2, 0.25) is 0 Å². The van der Waals surface area contributed by atoms with Gasteiger partial charge in [-0.25, -0.2) is 9.37 Å². The Kier molecular flexibility index (Phi) is 5.59. The first-order valence-corrected chi connectivity index (χ1v) is 8.01. The van der Waals surface area contributed by atoms with Crippen LogP contribution in [0.25, 0.3) is 11.0 Å². The number of imidazole rings is 1. The first kappa shape index (κ1) is 16.2. The molecule has 1 atom stereocenters. The molecule has 0 saturated heterocycles. The number of hydrogen-bond donors (Lipinski definition) is 0. The van der Waals surface area contributed by atoms with Crippen LogP contribution < -0.4 is 0 Å². The number of aromatic nitrogens is 2. The fourth-order valence-electron chi connectivity index (χ4n) is 2.48. The molecular weight excluding hydrogens is 289 g/mol. The third-order valence-electron chi connectivity index (χ3n) is 4.15. The van der Waals surface area contributed by atoms with Gasteiger partial charge >= 0.3 is 0 Å². The molecule has 1 unspecified atom stereocenters. The Morgan fingerprint density at radius 1 is 1.43 bits per heavy atom. The third kappa shape index (κ3) is 3.55. The van der Waals surface area contributed by atoms with Gasteiger partial charge in [0.1, 0.15) is 11.3 Å². The lowest BCUT2D eigenvalue weighted by atomic mass is 10.2. The lowest BCUT2D eigenvalue weighted by molar-refractivity contribution is 0.242. The summed E-state index contributed by atoms with van der Waals surface area (Å²) in [6.45, 7) is 6.10. The molecule has 0 bridgehead atoms. The summed E-state index contributed by atoms with van der Waals surface area (Å²) in [6.07, 6.45) is 1.77. The van der Waals surface area contributed by atoms with Gasteiger partial charge in [0.25, 0.3) is 0 Å². The van der Waals surface area contributed by atoms with Gasteiger partial charge in [0.05, 0.1) is 5.52 Å². The van der Waals surface area contributed by atoms with Crippen LogP contribution >= 0.6 is 11.6 Å². The van der Waals surface area contributed by atoms with Crippen LogP contribution in [-0.2, 0) is 13.0 Å². The Morgan fingerprint density at radius 2 is 2.19 bits per heavy atom. The van der Waals surface area contributed by atoms with Crippen LogP contribution in [0.15, 0.2) is 18.2 Å².